The van der Waals surface area contributed by atoms with Crippen molar-refractivity contribution >= 4 is 17.3 Å². The largest absolute Gasteiger partial charge is 0.382 e. The predicted octanol–water partition coefficient (Wildman–Crippen LogP) is 1.22. The first-order valence-corrected chi connectivity index (χ1v) is 9.71. The summed E-state index contributed by atoms with van der Waals surface area (Å²) in [6.45, 7) is 5.51. The van der Waals surface area contributed by atoms with Crippen LogP contribution in [0.5, 0.6) is 0 Å². The Hall–Kier alpha value is -3.38. The maximum Gasteiger partial charge on any atom is 0.253 e. The summed E-state index contributed by atoms with van der Waals surface area (Å²) in [7, 11) is 0. The first kappa shape index (κ1) is 20.4. The average Bonchev–Trinajstić information content (AvgIpc) is 3.04. The third-order valence-corrected chi connectivity index (χ3v) is 4.95. The number of nitrogens with two attached hydrogens (primary N) is 2. The van der Waals surface area contributed by atoms with Crippen molar-refractivity contribution < 1.29 is 0 Å². The Bertz CT molecular complexity index is 1120. The first-order valence-electron chi connectivity index (χ1n) is 9.71. The van der Waals surface area contributed by atoms with E-state index in [0.29, 0.717) is 43.1 Å². The third-order valence-electron chi connectivity index (χ3n) is 4.95. The summed E-state index contributed by atoms with van der Waals surface area (Å²) in [4.78, 5) is 17.2. The number of hydrogen-bond acceptors (Lipinski definition) is 7. The van der Waals surface area contributed by atoms with E-state index in [1.807, 2.05) is 26.0 Å². The minimum atomic E-state index is -0.0223. The summed E-state index contributed by atoms with van der Waals surface area (Å²) in [5.74, 6) is 0.665. The Morgan fingerprint density at radius 1 is 1.38 bits per heavy atom. The van der Waals surface area contributed by atoms with Crippen molar-refractivity contribution in [1.82, 2.24) is 19.2 Å². The minimum absolute atomic E-state index is 0.0223. The molecule has 3 aromatic rings. The van der Waals surface area contributed by atoms with E-state index in [9.17, 15) is 10.1 Å². The summed E-state index contributed by atoms with van der Waals surface area (Å²) in [6.07, 6.45) is 3.78. The van der Waals surface area contributed by atoms with Crippen molar-refractivity contribution in [2.24, 2.45) is 5.73 Å². The fraction of sp³-hybridized carbons (Fsp3) is 0.400. The Morgan fingerprint density at radius 3 is 2.86 bits per heavy atom. The smallest absolute Gasteiger partial charge is 0.253 e. The predicted molar refractivity (Wildman–Crippen MR) is 113 cm³/mol. The van der Waals surface area contributed by atoms with Gasteiger partial charge in [-0.2, -0.15) is 14.9 Å². The molecule has 9 heteroatoms. The first-order chi connectivity index (χ1) is 14.0. The van der Waals surface area contributed by atoms with Gasteiger partial charge in [0.05, 0.1) is 5.69 Å². The van der Waals surface area contributed by atoms with Crippen LogP contribution in [0.15, 0.2) is 23.1 Å². The molecule has 5 N–H and O–H groups in total. The van der Waals surface area contributed by atoms with Crippen LogP contribution in [0.3, 0.4) is 0 Å². The summed E-state index contributed by atoms with van der Waals surface area (Å²) in [5, 5.41) is 17.1. The Kier molecular flexibility index (Phi) is 6.14. The molecule has 0 atom stereocenters. The van der Waals surface area contributed by atoms with E-state index in [4.69, 9.17) is 11.5 Å². The zero-order chi connectivity index (χ0) is 21.0. The number of anilines is 2. The van der Waals surface area contributed by atoms with Gasteiger partial charge in [-0.15, -0.1) is 0 Å². The van der Waals surface area contributed by atoms with Crippen LogP contribution in [0.1, 0.15) is 35.7 Å². The second-order valence-electron chi connectivity index (χ2n) is 6.84. The Morgan fingerprint density at radius 2 is 2.17 bits per heavy atom. The molecule has 3 heterocycles. The molecule has 0 radical (unpaired) electrons. The van der Waals surface area contributed by atoms with E-state index in [2.05, 4.69) is 21.5 Å². The number of hydrogen-bond donors (Lipinski definition) is 3. The van der Waals surface area contributed by atoms with Crippen LogP contribution >= 0.6 is 0 Å². The standard InChI is InChI=1S/C20H26N8O/c1-3-15-13(2)26-28-17(23)16(12-22)18(25-19(15)28)24-9-7-14-6-4-10-27(20(14)29)11-5-8-21/h4,6,10H,3,5,7-9,11,21,23H2,1-2H3,(H,24,25). The van der Waals surface area contributed by atoms with Gasteiger partial charge in [-0.3, -0.25) is 4.79 Å². The van der Waals surface area contributed by atoms with Crippen LogP contribution in [0.25, 0.3) is 5.65 Å². The molecule has 0 bridgehead atoms. The maximum atomic E-state index is 12.6. The molecule has 0 amide bonds. The van der Waals surface area contributed by atoms with Crippen molar-refractivity contribution in [3.8, 4) is 6.07 Å². The van der Waals surface area contributed by atoms with Gasteiger partial charge in [-0.1, -0.05) is 13.0 Å². The van der Waals surface area contributed by atoms with E-state index >= 15 is 0 Å². The molecular formula is C20H26N8O. The maximum absolute atomic E-state index is 12.6. The fourth-order valence-electron chi connectivity index (χ4n) is 3.40. The second kappa shape index (κ2) is 8.75. The lowest BCUT2D eigenvalue weighted by molar-refractivity contribution is 0.624. The highest BCUT2D eigenvalue weighted by Crippen LogP contribution is 2.24. The molecule has 152 valence electrons. The number of aromatic nitrogens is 4. The van der Waals surface area contributed by atoms with Crippen LogP contribution in [0.2, 0.25) is 0 Å². The van der Waals surface area contributed by atoms with Gasteiger partial charge >= 0.3 is 0 Å². The quantitative estimate of drug-likeness (QED) is 0.522. The van der Waals surface area contributed by atoms with Crippen LogP contribution in [-0.4, -0.2) is 32.3 Å². The Balaban J connectivity index is 1.84. The van der Waals surface area contributed by atoms with E-state index < -0.39 is 0 Å². The van der Waals surface area contributed by atoms with E-state index in [1.54, 1.807) is 10.8 Å². The number of nitrogen functional groups attached to an aromatic ring is 1. The van der Waals surface area contributed by atoms with Gasteiger partial charge < -0.3 is 21.4 Å². The number of nitrogens with zero attached hydrogens (tertiary/aromatic N) is 5. The van der Waals surface area contributed by atoms with Gasteiger partial charge in [-0.05, 0) is 38.8 Å². The molecule has 0 fully saturated rings. The summed E-state index contributed by atoms with van der Waals surface area (Å²) in [6, 6.07) is 5.78. The van der Waals surface area contributed by atoms with Gasteiger partial charge in [0.1, 0.15) is 23.3 Å². The highest BCUT2D eigenvalue weighted by atomic mass is 16.1. The van der Waals surface area contributed by atoms with Crippen molar-refractivity contribution in [2.45, 2.75) is 39.7 Å². The zero-order valence-electron chi connectivity index (χ0n) is 16.8. The van der Waals surface area contributed by atoms with E-state index in [0.717, 1.165) is 24.1 Å². The topological polar surface area (TPSA) is 140 Å². The summed E-state index contributed by atoms with van der Waals surface area (Å²) in [5.41, 5.74) is 15.1. The van der Waals surface area contributed by atoms with E-state index in [-0.39, 0.29) is 16.9 Å². The minimum Gasteiger partial charge on any atom is -0.382 e. The molecule has 0 unspecified atom stereocenters. The van der Waals surface area contributed by atoms with Gasteiger partial charge in [0.15, 0.2) is 5.65 Å². The molecule has 3 aromatic heterocycles. The summed E-state index contributed by atoms with van der Waals surface area (Å²) >= 11 is 0. The molecule has 0 aliphatic carbocycles. The number of fused-ring (bicyclic) bond motifs is 1. The van der Waals surface area contributed by atoms with Crippen LogP contribution in [0, 0.1) is 18.3 Å². The molecule has 3 rings (SSSR count). The molecular weight excluding hydrogens is 368 g/mol. The highest BCUT2D eigenvalue weighted by molar-refractivity contribution is 5.69. The lowest BCUT2D eigenvalue weighted by Crippen LogP contribution is -2.25. The molecule has 0 saturated heterocycles. The molecule has 29 heavy (non-hydrogen) atoms. The van der Waals surface area contributed by atoms with Crippen LogP contribution in [-0.2, 0) is 19.4 Å². The van der Waals surface area contributed by atoms with Crippen molar-refractivity contribution in [1.29, 1.82) is 5.26 Å². The lowest BCUT2D eigenvalue weighted by Gasteiger charge is -2.11. The van der Waals surface area contributed by atoms with E-state index in [1.165, 1.54) is 4.52 Å². The van der Waals surface area contributed by atoms with Gasteiger partial charge in [0.2, 0.25) is 0 Å². The monoisotopic (exact) mass is 394 g/mol. The van der Waals surface area contributed by atoms with Crippen molar-refractivity contribution in [2.75, 3.05) is 24.1 Å². The lowest BCUT2D eigenvalue weighted by atomic mass is 10.2. The van der Waals surface area contributed by atoms with Gasteiger partial charge in [-0.25, -0.2) is 4.98 Å². The molecule has 0 saturated carbocycles. The summed E-state index contributed by atoms with van der Waals surface area (Å²) < 4.78 is 3.19. The SMILES string of the molecule is CCc1c(C)nn2c(N)c(C#N)c(NCCc3cccn(CCCN)c3=O)nc12. The van der Waals surface area contributed by atoms with Crippen molar-refractivity contribution in [3.63, 3.8) is 0 Å². The Labute approximate surface area is 169 Å². The molecule has 0 spiro atoms. The van der Waals surface area contributed by atoms with Gasteiger partial charge in [0, 0.05) is 30.4 Å². The molecule has 0 aromatic carbocycles. The van der Waals surface area contributed by atoms with Crippen LogP contribution < -0.4 is 22.3 Å². The van der Waals surface area contributed by atoms with Gasteiger partial charge in [0.25, 0.3) is 5.56 Å². The van der Waals surface area contributed by atoms with Crippen LogP contribution in [0.4, 0.5) is 11.6 Å². The normalized spacial score (nSPS) is 11.0. The molecule has 0 aliphatic rings. The number of rotatable bonds is 8. The number of nitrogens with one attached hydrogen (secondary N) is 1. The average molecular weight is 394 g/mol. The molecule has 0 aliphatic heterocycles. The second-order valence-corrected chi connectivity index (χ2v) is 6.84. The van der Waals surface area contributed by atoms with Crippen molar-refractivity contribution in [3.05, 3.63) is 51.1 Å². The number of pyridine rings is 1. The molecule has 9 nitrogen and oxygen atoms in total. The highest BCUT2D eigenvalue weighted by Gasteiger charge is 2.18. The fourth-order valence-corrected chi connectivity index (χ4v) is 3.40. The third kappa shape index (κ3) is 3.93. The number of aryl methyl sites for hydroxylation is 3. The number of nitriles is 1. The zero-order valence-corrected chi connectivity index (χ0v) is 16.8.